The minimum Gasteiger partial charge on any atom is -0.357 e. The molecule has 4 nitrogen and oxygen atoms in total. The van der Waals surface area contributed by atoms with E-state index in [1.165, 1.54) is 37.9 Å². The van der Waals surface area contributed by atoms with Gasteiger partial charge in [0.05, 0.1) is 0 Å². The first-order valence-corrected chi connectivity index (χ1v) is 9.38. The van der Waals surface area contributed by atoms with E-state index in [-0.39, 0.29) is 0 Å². The molecular formula is C19H31ClN4. The molecule has 1 aromatic rings. The molecule has 0 atom stereocenters. The normalized spacial score (nSPS) is 17.1. The highest BCUT2D eigenvalue weighted by Gasteiger charge is 2.16. The quantitative estimate of drug-likeness (QED) is 0.629. The van der Waals surface area contributed by atoms with Crippen LogP contribution in [-0.2, 0) is 6.54 Å². The Morgan fingerprint density at radius 1 is 1.29 bits per heavy atom. The number of hydrogen-bond acceptors (Lipinski definition) is 2. The lowest BCUT2D eigenvalue weighted by molar-refractivity contribution is 0.214. The highest BCUT2D eigenvalue weighted by atomic mass is 35.5. The highest BCUT2D eigenvalue weighted by Crippen LogP contribution is 2.19. The van der Waals surface area contributed by atoms with Crippen LogP contribution in [0.4, 0.5) is 0 Å². The van der Waals surface area contributed by atoms with Crippen LogP contribution in [0, 0.1) is 5.92 Å². The van der Waals surface area contributed by atoms with Gasteiger partial charge in [0.25, 0.3) is 0 Å². The smallest absolute Gasteiger partial charge is 0.193 e. The molecule has 1 aliphatic heterocycles. The number of hydrogen-bond donors (Lipinski definition) is 1. The van der Waals surface area contributed by atoms with Crippen LogP contribution in [0.25, 0.3) is 0 Å². The van der Waals surface area contributed by atoms with Crippen LogP contribution in [0.3, 0.4) is 0 Å². The van der Waals surface area contributed by atoms with E-state index >= 15 is 0 Å². The zero-order valence-electron chi connectivity index (χ0n) is 15.3. The Hall–Kier alpha value is -1.26. The molecule has 1 N–H and O–H groups in total. The van der Waals surface area contributed by atoms with E-state index in [2.05, 4.69) is 48.3 Å². The van der Waals surface area contributed by atoms with Gasteiger partial charge in [-0.15, -0.1) is 0 Å². The number of guanidine groups is 1. The first-order valence-electron chi connectivity index (χ1n) is 9.01. The van der Waals surface area contributed by atoms with Gasteiger partial charge >= 0.3 is 0 Å². The van der Waals surface area contributed by atoms with E-state index in [1.807, 2.05) is 12.1 Å². The third kappa shape index (κ3) is 6.33. The third-order valence-electron chi connectivity index (χ3n) is 4.67. The number of benzene rings is 1. The van der Waals surface area contributed by atoms with Crippen molar-refractivity contribution in [3.8, 4) is 0 Å². The van der Waals surface area contributed by atoms with E-state index < -0.39 is 0 Å². The van der Waals surface area contributed by atoms with Crippen molar-refractivity contribution in [1.82, 2.24) is 15.1 Å². The van der Waals surface area contributed by atoms with Crippen molar-refractivity contribution in [2.75, 3.05) is 40.3 Å². The summed E-state index contributed by atoms with van der Waals surface area (Å²) in [7, 11) is 4.30. The van der Waals surface area contributed by atoms with Crippen LogP contribution in [-0.4, -0.2) is 56.0 Å². The Bertz CT molecular complexity index is 507. The monoisotopic (exact) mass is 350 g/mol. The van der Waals surface area contributed by atoms with Crippen LogP contribution < -0.4 is 5.32 Å². The molecule has 0 aliphatic carbocycles. The average Bonchev–Trinajstić information content (AvgIpc) is 2.58. The van der Waals surface area contributed by atoms with Crippen LogP contribution >= 0.6 is 11.6 Å². The van der Waals surface area contributed by atoms with E-state index in [1.54, 1.807) is 0 Å². The summed E-state index contributed by atoms with van der Waals surface area (Å²) < 4.78 is 0. The van der Waals surface area contributed by atoms with Gasteiger partial charge in [-0.25, -0.2) is 0 Å². The summed E-state index contributed by atoms with van der Waals surface area (Å²) in [6, 6.07) is 8.02. The van der Waals surface area contributed by atoms with Crippen molar-refractivity contribution < 1.29 is 0 Å². The zero-order chi connectivity index (χ0) is 17.4. The second kappa shape index (κ2) is 9.90. The molecule has 0 saturated carbocycles. The molecule has 1 saturated heterocycles. The Kier molecular flexibility index (Phi) is 7.86. The Morgan fingerprint density at radius 2 is 1.96 bits per heavy atom. The Balaban J connectivity index is 1.85. The molecule has 0 aromatic heterocycles. The molecule has 0 bridgehead atoms. The van der Waals surface area contributed by atoms with E-state index in [9.17, 15) is 0 Å². The van der Waals surface area contributed by atoms with Gasteiger partial charge in [0, 0.05) is 31.7 Å². The number of rotatable bonds is 6. The number of piperidine rings is 1. The molecule has 1 fully saturated rings. The minimum atomic E-state index is 0.778. The Labute approximate surface area is 151 Å². The molecule has 0 unspecified atom stereocenters. The van der Waals surface area contributed by atoms with Gasteiger partial charge in [-0.3, -0.25) is 4.99 Å². The molecule has 0 spiro atoms. The molecule has 2 rings (SSSR count). The molecule has 134 valence electrons. The topological polar surface area (TPSA) is 30.9 Å². The fourth-order valence-corrected chi connectivity index (χ4v) is 3.24. The van der Waals surface area contributed by atoms with Crippen LogP contribution in [0.2, 0.25) is 5.02 Å². The minimum absolute atomic E-state index is 0.778. The first kappa shape index (κ1) is 19.1. The molecule has 1 heterocycles. The Morgan fingerprint density at radius 3 is 2.58 bits per heavy atom. The number of halogens is 1. The van der Waals surface area contributed by atoms with Crippen LogP contribution in [0.15, 0.2) is 29.3 Å². The van der Waals surface area contributed by atoms with E-state index in [4.69, 9.17) is 16.6 Å². The lowest BCUT2D eigenvalue weighted by Crippen LogP contribution is -2.38. The van der Waals surface area contributed by atoms with E-state index in [0.29, 0.717) is 0 Å². The van der Waals surface area contributed by atoms with Crippen molar-refractivity contribution in [2.24, 2.45) is 10.9 Å². The standard InChI is InChI=1S/C19H31ClN4/c1-4-21-19(22-12-9-16-10-13-23(2)14-11-16)24(3)15-17-5-7-18(20)8-6-17/h5-8,16H,4,9-15H2,1-3H3,(H,21,22). The second-order valence-electron chi connectivity index (χ2n) is 6.75. The summed E-state index contributed by atoms with van der Waals surface area (Å²) in [4.78, 5) is 9.43. The lowest BCUT2D eigenvalue weighted by atomic mass is 9.94. The van der Waals surface area contributed by atoms with E-state index in [0.717, 1.165) is 36.5 Å². The van der Waals surface area contributed by atoms with Gasteiger partial charge < -0.3 is 15.1 Å². The predicted molar refractivity (Wildman–Crippen MR) is 104 cm³/mol. The van der Waals surface area contributed by atoms with Crippen molar-refractivity contribution in [3.63, 3.8) is 0 Å². The maximum Gasteiger partial charge on any atom is 0.193 e. The first-order chi connectivity index (χ1) is 11.6. The molecule has 1 aliphatic rings. The zero-order valence-corrected chi connectivity index (χ0v) is 16.0. The average molecular weight is 351 g/mol. The van der Waals surface area contributed by atoms with Gasteiger partial charge in [0.15, 0.2) is 5.96 Å². The number of likely N-dealkylation sites (tertiary alicyclic amines) is 1. The van der Waals surface area contributed by atoms with Gasteiger partial charge in [0.2, 0.25) is 0 Å². The predicted octanol–water partition coefficient (Wildman–Crippen LogP) is 3.47. The maximum absolute atomic E-state index is 5.96. The van der Waals surface area contributed by atoms with Crippen molar-refractivity contribution in [2.45, 2.75) is 32.7 Å². The van der Waals surface area contributed by atoms with Crippen molar-refractivity contribution in [1.29, 1.82) is 0 Å². The highest BCUT2D eigenvalue weighted by molar-refractivity contribution is 6.30. The summed E-state index contributed by atoms with van der Waals surface area (Å²) in [5.41, 5.74) is 1.24. The molecule has 0 radical (unpaired) electrons. The molecule has 24 heavy (non-hydrogen) atoms. The van der Waals surface area contributed by atoms with Gasteiger partial charge in [-0.1, -0.05) is 23.7 Å². The van der Waals surface area contributed by atoms with Crippen LogP contribution in [0.5, 0.6) is 0 Å². The number of nitrogens with one attached hydrogen (secondary N) is 1. The SMILES string of the molecule is CCNC(=NCCC1CCN(C)CC1)N(C)Cc1ccc(Cl)cc1. The summed E-state index contributed by atoms with van der Waals surface area (Å²) >= 11 is 5.96. The molecule has 5 heteroatoms. The number of aliphatic imine (C=N–C) groups is 1. The molecule has 0 amide bonds. The second-order valence-corrected chi connectivity index (χ2v) is 7.19. The van der Waals surface area contributed by atoms with Crippen LogP contribution in [0.1, 0.15) is 31.7 Å². The maximum atomic E-state index is 5.96. The summed E-state index contributed by atoms with van der Waals surface area (Å²) in [5, 5.41) is 4.18. The third-order valence-corrected chi connectivity index (χ3v) is 4.92. The largest absolute Gasteiger partial charge is 0.357 e. The molecule has 1 aromatic carbocycles. The summed E-state index contributed by atoms with van der Waals surface area (Å²) in [6.07, 6.45) is 3.81. The van der Waals surface area contributed by atoms with Gasteiger partial charge in [-0.05, 0) is 69.9 Å². The van der Waals surface area contributed by atoms with Gasteiger partial charge in [-0.2, -0.15) is 0 Å². The molecular weight excluding hydrogens is 320 g/mol. The number of nitrogens with zero attached hydrogens (tertiary/aromatic N) is 3. The summed E-state index contributed by atoms with van der Waals surface area (Å²) in [5.74, 6) is 1.81. The van der Waals surface area contributed by atoms with Gasteiger partial charge in [0.1, 0.15) is 0 Å². The van der Waals surface area contributed by atoms with Crippen molar-refractivity contribution in [3.05, 3.63) is 34.9 Å². The fourth-order valence-electron chi connectivity index (χ4n) is 3.11. The lowest BCUT2D eigenvalue weighted by Gasteiger charge is -2.28. The van der Waals surface area contributed by atoms with Crippen molar-refractivity contribution >= 4 is 17.6 Å². The summed E-state index contributed by atoms with van der Waals surface area (Å²) in [6.45, 7) is 7.19. The fraction of sp³-hybridized carbons (Fsp3) is 0.632.